The van der Waals surface area contributed by atoms with E-state index in [1.54, 1.807) is 7.11 Å². The molecule has 0 saturated carbocycles. The fourth-order valence-electron chi connectivity index (χ4n) is 2.80. The third-order valence-electron chi connectivity index (χ3n) is 3.58. The molecule has 18 heavy (non-hydrogen) atoms. The topological polar surface area (TPSA) is 47.4 Å². The van der Waals surface area contributed by atoms with Gasteiger partial charge >= 0.3 is 0 Å². The largest absolute Gasteiger partial charge is 0.384 e. The molecule has 1 atom stereocenters. The Labute approximate surface area is 108 Å². The summed E-state index contributed by atoms with van der Waals surface area (Å²) in [4.78, 5) is 13.5. The third-order valence-corrected chi connectivity index (χ3v) is 3.58. The van der Waals surface area contributed by atoms with Crippen molar-refractivity contribution in [2.45, 2.75) is 19.8 Å². The first kappa shape index (κ1) is 13.1. The number of hydrogen-bond acceptors (Lipinski definition) is 4. The Morgan fingerprint density at radius 3 is 3.00 bits per heavy atom. The molecular formula is C13H21N3O2. The second kappa shape index (κ2) is 5.52. The molecule has 2 rings (SSSR count). The van der Waals surface area contributed by atoms with Gasteiger partial charge in [-0.15, -0.1) is 0 Å². The normalized spacial score (nSPS) is 20.2. The minimum absolute atomic E-state index is 0.540. The predicted octanol–water partition coefficient (Wildman–Crippen LogP) is 1.40. The van der Waals surface area contributed by atoms with E-state index < -0.39 is 0 Å². The van der Waals surface area contributed by atoms with Gasteiger partial charge in [-0.05, 0) is 25.7 Å². The van der Waals surface area contributed by atoms with Crippen LogP contribution in [0.15, 0.2) is 0 Å². The van der Waals surface area contributed by atoms with Gasteiger partial charge in [0, 0.05) is 27.2 Å². The molecule has 0 radical (unpaired) electrons. The van der Waals surface area contributed by atoms with Crippen LogP contribution in [0.2, 0.25) is 0 Å². The van der Waals surface area contributed by atoms with Gasteiger partial charge in [-0.3, -0.25) is 9.48 Å². The molecule has 2 heterocycles. The number of methoxy groups -OCH3 is 1. The maximum Gasteiger partial charge on any atom is 0.155 e. The van der Waals surface area contributed by atoms with Crippen molar-refractivity contribution in [3.05, 3.63) is 11.3 Å². The number of aromatic nitrogens is 2. The summed E-state index contributed by atoms with van der Waals surface area (Å²) in [5, 5.41) is 4.34. The number of piperidine rings is 1. The second-order valence-electron chi connectivity index (χ2n) is 4.97. The number of anilines is 1. The van der Waals surface area contributed by atoms with Crippen molar-refractivity contribution in [1.29, 1.82) is 0 Å². The van der Waals surface area contributed by atoms with Crippen LogP contribution < -0.4 is 4.90 Å². The molecule has 1 saturated heterocycles. The summed E-state index contributed by atoms with van der Waals surface area (Å²) in [6, 6.07) is 0. The van der Waals surface area contributed by atoms with Crippen molar-refractivity contribution in [2.24, 2.45) is 13.0 Å². The number of rotatable bonds is 4. The van der Waals surface area contributed by atoms with E-state index in [1.807, 2.05) is 18.7 Å². The van der Waals surface area contributed by atoms with Crippen LogP contribution in [0, 0.1) is 12.8 Å². The Bertz CT molecular complexity index is 426. The molecular weight excluding hydrogens is 230 g/mol. The molecule has 5 nitrogen and oxygen atoms in total. The molecule has 1 unspecified atom stereocenters. The Morgan fingerprint density at radius 2 is 2.33 bits per heavy atom. The molecule has 1 aromatic rings. The molecule has 0 aromatic carbocycles. The lowest BCUT2D eigenvalue weighted by atomic mass is 9.98. The molecule has 0 amide bonds. The summed E-state index contributed by atoms with van der Waals surface area (Å²) >= 11 is 0. The van der Waals surface area contributed by atoms with Crippen molar-refractivity contribution in [3.8, 4) is 0 Å². The van der Waals surface area contributed by atoms with Crippen molar-refractivity contribution >= 4 is 12.1 Å². The van der Waals surface area contributed by atoms with Crippen molar-refractivity contribution < 1.29 is 9.53 Å². The zero-order valence-corrected chi connectivity index (χ0v) is 11.3. The fourth-order valence-corrected chi connectivity index (χ4v) is 2.80. The second-order valence-corrected chi connectivity index (χ2v) is 4.97. The molecule has 0 bridgehead atoms. The van der Waals surface area contributed by atoms with Gasteiger partial charge in [0.1, 0.15) is 5.82 Å². The zero-order valence-electron chi connectivity index (χ0n) is 11.3. The summed E-state index contributed by atoms with van der Waals surface area (Å²) in [7, 11) is 3.64. The number of nitrogens with zero attached hydrogens (tertiary/aromatic N) is 3. The first-order valence-corrected chi connectivity index (χ1v) is 6.40. The highest BCUT2D eigenvalue weighted by Crippen LogP contribution is 2.27. The summed E-state index contributed by atoms with van der Waals surface area (Å²) in [5.74, 6) is 1.49. The lowest BCUT2D eigenvalue weighted by Gasteiger charge is -2.34. The summed E-state index contributed by atoms with van der Waals surface area (Å²) in [5.41, 5.74) is 1.52. The molecule has 1 aliphatic heterocycles. The van der Waals surface area contributed by atoms with E-state index in [2.05, 4.69) is 10.00 Å². The van der Waals surface area contributed by atoms with Crippen LogP contribution in [-0.4, -0.2) is 42.9 Å². The van der Waals surface area contributed by atoms with Gasteiger partial charge in [0.2, 0.25) is 0 Å². The smallest absolute Gasteiger partial charge is 0.155 e. The molecule has 0 N–H and O–H groups in total. The Hall–Kier alpha value is -1.36. The monoisotopic (exact) mass is 251 g/mol. The summed E-state index contributed by atoms with van der Waals surface area (Å²) in [6.07, 6.45) is 3.24. The van der Waals surface area contributed by atoms with Gasteiger partial charge in [-0.1, -0.05) is 0 Å². The minimum Gasteiger partial charge on any atom is -0.384 e. The van der Waals surface area contributed by atoms with Crippen LogP contribution in [0.1, 0.15) is 28.9 Å². The van der Waals surface area contributed by atoms with E-state index in [0.29, 0.717) is 5.92 Å². The van der Waals surface area contributed by atoms with Crippen LogP contribution in [-0.2, 0) is 11.8 Å². The average molecular weight is 251 g/mol. The maximum absolute atomic E-state index is 11.2. The van der Waals surface area contributed by atoms with E-state index in [9.17, 15) is 4.79 Å². The Morgan fingerprint density at radius 1 is 1.56 bits per heavy atom. The average Bonchev–Trinajstić information content (AvgIpc) is 2.64. The molecule has 1 fully saturated rings. The molecule has 100 valence electrons. The minimum atomic E-state index is 0.540. The van der Waals surface area contributed by atoms with Gasteiger partial charge in [-0.25, -0.2) is 0 Å². The summed E-state index contributed by atoms with van der Waals surface area (Å²) in [6.45, 7) is 4.58. The van der Waals surface area contributed by atoms with Gasteiger partial charge in [0.05, 0.1) is 17.9 Å². The van der Waals surface area contributed by atoms with Gasteiger partial charge in [0.25, 0.3) is 0 Å². The molecule has 1 aromatic heterocycles. The molecule has 5 heteroatoms. The summed E-state index contributed by atoms with van der Waals surface area (Å²) < 4.78 is 7.05. The predicted molar refractivity (Wildman–Crippen MR) is 70.1 cm³/mol. The van der Waals surface area contributed by atoms with E-state index in [4.69, 9.17) is 4.74 Å². The first-order chi connectivity index (χ1) is 8.67. The van der Waals surface area contributed by atoms with Crippen LogP contribution in [0.4, 0.5) is 5.82 Å². The van der Waals surface area contributed by atoms with E-state index in [0.717, 1.165) is 49.5 Å². The van der Waals surface area contributed by atoms with Gasteiger partial charge in [-0.2, -0.15) is 5.10 Å². The maximum atomic E-state index is 11.2. The number of aldehydes is 1. The molecule has 0 aliphatic carbocycles. The lowest BCUT2D eigenvalue weighted by Crippen LogP contribution is -2.38. The van der Waals surface area contributed by atoms with Crippen molar-refractivity contribution in [1.82, 2.24) is 9.78 Å². The fraction of sp³-hybridized carbons (Fsp3) is 0.692. The number of carbonyl (C=O) groups excluding carboxylic acids is 1. The molecule has 0 spiro atoms. The van der Waals surface area contributed by atoms with Gasteiger partial charge in [0.15, 0.2) is 6.29 Å². The van der Waals surface area contributed by atoms with E-state index >= 15 is 0 Å². The van der Waals surface area contributed by atoms with Crippen molar-refractivity contribution in [2.75, 3.05) is 31.7 Å². The SMILES string of the molecule is COCC1CCCN(c2c(C=O)c(C)nn2C)C1. The van der Waals surface area contributed by atoms with Crippen LogP contribution in [0.25, 0.3) is 0 Å². The van der Waals surface area contributed by atoms with Crippen molar-refractivity contribution in [3.63, 3.8) is 0 Å². The first-order valence-electron chi connectivity index (χ1n) is 6.40. The van der Waals surface area contributed by atoms with Crippen LogP contribution in [0.3, 0.4) is 0 Å². The highest BCUT2D eigenvalue weighted by molar-refractivity contribution is 5.84. The molecule has 1 aliphatic rings. The van der Waals surface area contributed by atoms with Crippen LogP contribution >= 0.6 is 0 Å². The number of aryl methyl sites for hydroxylation is 2. The third kappa shape index (κ3) is 2.41. The van der Waals surface area contributed by atoms with E-state index in [-0.39, 0.29) is 0 Å². The van der Waals surface area contributed by atoms with Gasteiger partial charge < -0.3 is 9.64 Å². The highest BCUT2D eigenvalue weighted by Gasteiger charge is 2.25. The Balaban J connectivity index is 2.22. The number of carbonyl (C=O) groups is 1. The standard InChI is InChI=1S/C13H21N3O2/c1-10-12(8-17)13(15(2)14-10)16-6-4-5-11(7-16)9-18-3/h8,11H,4-7,9H2,1-3H3. The lowest BCUT2D eigenvalue weighted by molar-refractivity contribution is 0.112. The quantitative estimate of drug-likeness (QED) is 0.759. The Kier molecular flexibility index (Phi) is 4.01. The number of hydrogen-bond donors (Lipinski definition) is 0. The van der Waals surface area contributed by atoms with Crippen LogP contribution in [0.5, 0.6) is 0 Å². The number of ether oxygens (including phenoxy) is 1. The highest BCUT2D eigenvalue weighted by atomic mass is 16.5. The van der Waals surface area contributed by atoms with E-state index in [1.165, 1.54) is 6.42 Å². The zero-order chi connectivity index (χ0) is 13.1.